The highest BCUT2D eigenvalue weighted by Crippen LogP contribution is 2.22. The lowest BCUT2D eigenvalue weighted by Crippen LogP contribution is -2.52. The third-order valence-corrected chi connectivity index (χ3v) is 6.26. The lowest BCUT2D eigenvalue weighted by Gasteiger charge is -2.32. The first-order chi connectivity index (χ1) is 14.9. The number of hydrogen-bond acceptors (Lipinski definition) is 4. The molecule has 0 spiro atoms. The van der Waals surface area contributed by atoms with Crippen molar-refractivity contribution in [1.82, 2.24) is 10.2 Å². The van der Waals surface area contributed by atoms with Crippen molar-refractivity contribution in [2.45, 2.75) is 39.4 Å². The summed E-state index contributed by atoms with van der Waals surface area (Å²) in [7, 11) is -3.78. The molecule has 0 unspecified atom stereocenters. The van der Waals surface area contributed by atoms with Crippen molar-refractivity contribution in [2.75, 3.05) is 17.1 Å². The summed E-state index contributed by atoms with van der Waals surface area (Å²) in [5.41, 5.74) is 1.01. The van der Waals surface area contributed by atoms with E-state index in [2.05, 4.69) is 5.32 Å². The van der Waals surface area contributed by atoms with Gasteiger partial charge in [0.2, 0.25) is 21.8 Å². The van der Waals surface area contributed by atoms with Crippen LogP contribution in [-0.4, -0.2) is 50.0 Å². The van der Waals surface area contributed by atoms with Crippen LogP contribution in [0.4, 0.5) is 5.69 Å². The second-order valence-electron chi connectivity index (χ2n) is 7.74. The minimum atomic E-state index is -3.78. The highest BCUT2D eigenvalue weighted by Gasteiger charge is 2.30. The number of hydrogen-bond donors (Lipinski definition) is 1. The molecule has 0 fully saturated rings. The Morgan fingerprint density at radius 3 is 2.16 bits per heavy atom. The van der Waals surface area contributed by atoms with Gasteiger partial charge in [0.25, 0.3) is 0 Å². The molecular weight excluding hydrogens is 473 g/mol. The second kappa shape index (κ2) is 11.0. The standard InChI is InChI=1S/C22H27Cl2N3O4S/c1-15(2)25-22(29)16(3)26(13-17-6-5-7-19(24)12-17)21(28)14-27(32(4,30)31)20-10-8-18(23)9-11-20/h5-12,15-16H,13-14H2,1-4H3,(H,25,29)/t16-/m1/s1. The monoisotopic (exact) mass is 499 g/mol. The predicted octanol–water partition coefficient (Wildman–Crippen LogP) is 3.70. The number of benzene rings is 2. The van der Waals surface area contributed by atoms with Gasteiger partial charge < -0.3 is 10.2 Å². The first kappa shape index (κ1) is 26.0. The lowest BCUT2D eigenvalue weighted by atomic mass is 10.1. The molecule has 1 N–H and O–H groups in total. The maximum atomic E-state index is 13.3. The van der Waals surface area contributed by atoms with Crippen molar-refractivity contribution >= 4 is 50.7 Å². The zero-order valence-corrected chi connectivity index (χ0v) is 20.7. The molecule has 1 atom stereocenters. The molecular formula is C22H27Cl2N3O4S. The van der Waals surface area contributed by atoms with Gasteiger partial charge in [0, 0.05) is 22.6 Å². The van der Waals surface area contributed by atoms with Crippen LogP contribution in [0.1, 0.15) is 26.3 Å². The molecule has 32 heavy (non-hydrogen) atoms. The van der Waals surface area contributed by atoms with E-state index < -0.39 is 28.5 Å². The molecule has 2 aromatic carbocycles. The van der Waals surface area contributed by atoms with Crippen LogP contribution in [0.15, 0.2) is 48.5 Å². The molecule has 0 radical (unpaired) electrons. The minimum Gasteiger partial charge on any atom is -0.352 e. The van der Waals surface area contributed by atoms with Crippen molar-refractivity contribution in [2.24, 2.45) is 0 Å². The van der Waals surface area contributed by atoms with E-state index >= 15 is 0 Å². The SMILES string of the molecule is CC(C)NC(=O)[C@@H](C)N(Cc1cccc(Cl)c1)C(=O)CN(c1ccc(Cl)cc1)S(C)(=O)=O. The summed E-state index contributed by atoms with van der Waals surface area (Å²) in [5.74, 6) is -0.871. The average molecular weight is 500 g/mol. The third-order valence-electron chi connectivity index (χ3n) is 4.63. The van der Waals surface area contributed by atoms with Gasteiger partial charge in [-0.1, -0.05) is 35.3 Å². The number of amides is 2. The number of carbonyl (C=O) groups excluding carboxylic acids is 2. The molecule has 0 heterocycles. The zero-order chi connectivity index (χ0) is 24.1. The molecule has 7 nitrogen and oxygen atoms in total. The van der Waals surface area contributed by atoms with Crippen molar-refractivity contribution in [3.05, 3.63) is 64.1 Å². The fourth-order valence-electron chi connectivity index (χ4n) is 3.04. The van der Waals surface area contributed by atoms with Gasteiger partial charge in [-0.05, 0) is 62.7 Å². The van der Waals surface area contributed by atoms with Crippen molar-refractivity contribution in [3.8, 4) is 0 Å². The lowest BCUT2D eigenvalue weighted by molar-refractivity contribution is -0.139. The molecule has 0 aliphatic heterocycles. The molecule has 10 heteroatoms. The van der Waals surface area contributed by atoms with E-state index in [-0.39, 0.29) is 18.5 Å². The smallest absolute Gasteiger partial charge is 0.244 e. The summed E-state index contributed by atoms with van der Waals surface area (Å²) in [6.07, 6.45) is 1.02. The fraction of sp³-hybridized carbons (Fsp3) is 0.364. The first-order valence-corrected chi connectivity index (χ1v) is 12.6. The van der Waals surface area contributed by atoms with E-state index in [4.69, 9.17) is 23.2 Å². The highest BCUT2D eigenvalue weighted by molar-refractivity contribution is 7.92. The van der Waals surface area contributed by atoms with Crippen LogP contribution >= 0.6 is 23.2 Å². The van der Waals surface area contributed by atoms with Crippen LogP contribution in [0.5, 0.6) is 0 Å². The summed E-state index contributed by atoms with van der Waals surface area (Å²) in [4.78, 5) is 27.4. The zero-order valence-electron chi connectivity index (χ0n) is 18.4. The van der Waals surface area contributed by atoms with Crippen molar-refractivity contribution in [1.29, 1.82) is 0 Å². The third kappa shape index (κ3) is 7.39. The molecule has 174 valence electrons. The van der Waals surface area contributed by atoms with Crippen LogP contribution < -0.4 is 9.62 Å². The number of carbonyl (C=O) groups is 2. The van der Waals surface area contributed by atoms with E-state index in [9.17, 15) is 18.0 Å². The van der Waals surface area contributed by atoms with E-state index in [1.165, 1.54) is 17.0 Å². The van der Waals surface area contributed by atoms with E-state index in [0.29, 0.717) is 21.3 Å². The Labute approximate surface area is 199 Å². The fourth-order valence-corrected chi connectivity index (χ4v) is 4.23. The van der Waals surface area contributed by atoms with Gasteiger partial charge in [-0.3, -0.25) is 13.9 Å². The molecule has 0 bridgehead atoms. The Hall–Kier alpha value is -2.29. The van der Waals surface area contributed by atoms with Crippen LogP contribution in [0, 0.1) is 0 Å². The highest BCUT2D eigenvalue weighted by atomic mass is 35.5. The molecule has 0 aromatic heterocycles. The van der Waals surface area contributed by atoms with Crippen LogP contribution in [0.2, 0.25) is 10.0 Å². The van der Waals surface area contributed by atoms with Gasteiger partial charge in [0.05, 0.1) is 11.9 Å². The summed E-state index contributed by atoms with van der Waals surface area (Å²) < 4.78 is 25.9. The van der Waals surface area contributed by atoms with Crippen LogP contribution in [-0.2, 0) is 26.2 Å². The number of halogens is 2. The van der Waals surface area contributed by atoms with Gasteiger partial charge in [0.1, 0.15) is 12.6 Å². The molecule has 0 aliphatic rings. The molecule has 0 aliphatic carbocycles. The molecule has 2 aromatic rings. The maximum absolute atomic E-state index is 13.3. The Kier molecular flexibility index (Phi) is 8.95. The topological polar surface area (TPSA) is 86.8 Å². The Morgan fingerprint density at radius 2 is 1.62 bits per heavy atom. The quantitative estimate of drug-likeness (QED) is 0.569. The molecule has 2 amide bonds. The number of rotatable bonds is 9. The number of nitrogens with zero attached hydrogens (tertiary/aromatic N) is 2. The van der Waals surface area contributed by atoms with Crippen molar-refractivity contribution in [3.63, 3.8) is 0 Å². The van der Waals surface area contributed by atoms with Crippen LogP contribution in [0.25, 0.3) is 0 Å². The maximum Gasteiger partial charge on any atom is 0.244 e. The first-order valence-electron chi connectivity index (χ1n) is 9.96. The Bertz CT molecular complexity index is 1060. The van der Waals surface area contributed by atoms with Crippen molar-refractivity contribution < 1.29 is 18.0 Å². The van der Waals surface area contributed by atoms with E-state index in [1.54, 1.807) is 43.3 Å². The van der Waals surface area contributed by atoms with Gasteiger partial charge in [0.15, 0.2) is 0 Å². The largest absolute Gasteiger partial charge is 0.352 e. The Morgan fingerprint density at radius 1 is 1.00 bits per heavy atom. The molecule has 0 saturated carbocycles. The van der Waals surface area contributed by atoms with Crippen LogP contribution in [0.3, 0.4) is 0 Å². The van der Waals surface area contributed by atoms with Gasteiger partial charge >= 0.3 is 0 Å². The van der Waals surface area contributed by atoms with Gasteiger partial charge in [-0.25, -0.2) is 8.42 Å². The number of sulfonamides is 1. The summed E-state index contributed by atoms with van der Waals surface area (Å²) >= 11 is 12.0. The average Bonchev–Trinajstić information content (AvgIpc) is 2.69. The molecule has 0 saturated heterocycles. The predicted molar refractivity (Wildman–Crippen MR) is 128 cm³/mol. The van der Waals surface area contributed by atoms with Gasteiger partial charge in [-0.2, -0.15) is 0 Å². The Balaban J connectivity index is 2.38. The summed E-state index contributed by atoms with van der Waals surface area (Å²) in [6, 6.07) is 12.1. The summed E-state index contributed by atoms with van der Waals surface area (Å²) in [6.45, 7) is 4.86. The van der Waals surface area contributed by atoms with E-state index in [1.807, 2.05) is 13.8 Å². The molecule has 2 rings (SSSR count). The minimum absolute atomic E-state index is 0.0876. The number of anilines is 1. The second-order valence-corrected chi connectivity index (χ2v) is 10.5. The van der Waals surface area contributed by atoms with Gasteiger partial charge in [-0.15, -0.1) is 0 Å². The number of nitrogens with one attached hydrogen (secondary N) is 1. The summed E-state index contributed by atoms with van der Waals surface area (Å²) in [5, 5.41) is 3.72. The van der Waals surface area contributed by atoms with E-state index in [0.717, 1.165) is 10.6 Å². The normalized spacial score (nSPS) is 12.3.